The van der Waals surface area contributed by atoms with E-state index in [0.717, 1.165) is 56.8 Å². The first-order valence-corrected chi connectivity index (χ1v) is 11.5. The molecule has 0 radical (unpaired) electrons. The molecular formula is C21H27F3N4O4S. The van der Waals surface area contributed by atoms with E-state index in [1.165, 1.54) is 6.92 Å². The second kappa shape index (κ2) is 11.1. The quantitative estimate of drug-likeness (QED) is 0.710. The van der Waals surface area contributed by atoms with Crippen LogP contribution in [0.3, 0.4) is 0 Å². The average molecular weight is 489 g/mol. The molecule has 0 atom stereocenters. The number of ether oxygens (including phenoxy) is 1. The average Bonchev–Trinajstić information content (AvgIpc) is 3.41. The molecule has 2 aliphatic heterocycles. The zero-order valence-electron chi connectivity index (χ0n) is 18.3. The lowest BCUT2D eigenvalue weighted by Crippen LogP contribution is -2.41. The van der Waals surface area contributed by atoms with Gasteiger partial charge in [0.1, 0.15) is 5.69 Å². The Balaban J connectivity index is 0.000000257. The van der Waals surface area contributed by atoms with Crippen molar-refractivity contribution in [2.24, 2.45) is 5.73 Å². The molecule has 0 bridgehead atoms. The van der Waals surface area contributed by atoms with Crippen LogP contribution < -0.4 is 5.73 Å². The summed E-state index contributed by atoms with van der Waals surface area (Å²) in [7, 11) is 0. The van der Waals surface area contributed by atoms with Gasteiger partial charge in [-0.25, -0.2) is 0 Å². The SMILES string of the molecule is Cc1c(-c2ccc(C(=O)N3CCCCC3)s2)noc1C(F)(F)F.NC(=O)CN1CCOCC1. The highest BCUT2D eigenvalue weighted by Gasteiger charge is 2.39. The molecule has 2 aromatic rings. The number of likely N-dealkylation sites (tertiary alicyclic amines) is 1. The minimum atomic E-state index is -4.57. The molecular weight excluding hydrogens is 461 g/mol. The highest BCUT2D eigenvalue weighted by molar-refractivity contribution is 7.17. The van der Waals surface area contributed by atoms with Crippen LogP contribution in [0.15, 0.2) is 16.7 Å². The normalized spacial score (nSPS) is 17.4. The minimum absolute atomic E-state index is 0.0590. The number of primary amides is 1. The second-order valence-corrected chi connectivity index (χ2v) is 8.94. The zero-order chi connectivity index (χ0) is 24.0. The number of aromatic nitrogens is 1. The van der Waals surface area contributed by atoms with Crippen LogP contribution in [0, 0.1) is 6.92 Å². The predicted molar refractivity (Wildman–Crippen MR) is 116 cm³/mol. The molecule has 2 saturated heterocycles. The molecule has 0 aromatic carbocycles. The summed E-state index contributed by atoms with van der Waals surface area (Å²) in [5.74, 6) is -1.43. The van der Waals surface area contributed by atoms with Crippen LogP contribution in [0.4, 0.5) is 13.2 Å². The fraction of sp³-hybridized carbons (Fsp3) is 0.571. The van der Waals surface area contributed by atoms with Crippen molar-refractivity contribution in [2.45, 2.75) is 32.4 Å². The first-order chi connectivity index (χ1) is 15.7. The molecule has 0 unspecified atom stereocenters. The Morgan fingerprint density at radius 2 is 1.79 bits per heavy atom. The molecule has 2 aliphatic rings. The van der Waals surface area contributed by atoms with Gasteiger partial charge in [-0.1, -0.05) is 5.16 Å². The molecule has 33 heavy (non-hydrogen) atoms. The van der Waals surface area contributed by atoms with Crippen LogP contribution >= 0.6 is 11.3 Å². The largest absolute Gasteiger partial charge is 0.452 e. The van der Waals surface area contributed by atoms with E-state index in [-0.39, 0.29) is 23.1 Å². The number of halogens is 3. The Hall–Kier alpha value is -2.44. The smallest absolute Gasteiger partial charge is 0.379 e. The summed E-state index contributed by atoms with van der Waals surface area (Å²) in [6, 6.07) is 3.26. The Labute approximate surface area is 193 Å². The van der Waals surface area contributed by atoms with Crippen molar-refractivity contribution in [2.75, 3.05) is 45.9 Å². The fourth-order valence-electron chi connectivity index (χ4n) is 3.64. The topological polar surface area (TPSA) is 102 Å². The molecule has 8 nitrogen and oxygen atoms in total. The maximum absolute atomic E-state index is 12.8. The van der Waals surface area contributed by atoms with Crippen LogP contribution in [0.2, 0.25) is 0 Å². The Bertz CT molecular complexity index is 948. The fourth-order valence-corrected chi connectivity index (χ4v) is 4.66. The highest BCUT2D eigenvalue weighted by atomic mass is 32.1. The van der Waals surface area contributed by atoms with Crippen LogP contribution in [-0.2, 0) is 15.7 Å². The monoisotopic (exact) mass is 488 g/mol. The van der Waals surface area contributed by atoms with Crippen LogP contribution in [0.1, 0.15) is 40.3 Å². The van der Waals surface area contributed by atoms with Gasteiger partial charge in [0, 0.05) is 31.7 Å². The Morgan fingerprint density at radius 1 is 1.12 bits per heavy atom. The molecule has 4 rings (SSSR count). The number of nitrogens with zero attached hydrogens (tertiary/aromatic N) is 3. The van der Waals surface area contributed by atoms with Gasteiger partial charge in [-0.05, 0) is 38.3 Å². The van der Waals surface area contributed by atoms with Gasteiger partial charge >= 0.3 is 6.18 Å². The number of alkyl halides is 3. The van der Waals surface area contributed by atoms with Crippen LogP contribution in [-0.4, -0.2) is 72.7 Å². The van der Waals surface area contributed by atoms with Gasteiger partial charge in [-0.3, -0.25) is 14.5 Å². The maximum Gasteiger partial charge on any atom is 0.452 e. The third kappa shape index (κ3) is 6.78. The third-order valence-corrected chi connectivity index (χ3v) is 6.44. The van der Waals surface area contributed by atoms with Crippen molar-refractivity contribution < 1.29 is 32.0 Å². The molecule has 0 saturated carbocycles. The molecule has 0 spiro atoms. The number of hydrogen-bond donors (Lipinski definition) is 1. The van der Waals surface area contributed by atoms with Crippen molar-refractivity contribution in [3.05, 3.63) is 28.3 Å². The predicted octanol–water partition coefficient (Wildman–Crippen LogP) is 3.16. The van der Waals surface area contributed by atoms with Gasteiger partial charge in [-0.15, -0.1) is 11.3 Å². The van der Waals surface area contributed by atoms with E-state index in [9.17, 15) is 22.8 Å². The lowest BCUT2D eigenvalue weighted by atomic mass is 10.1. The lowest BCUT2D eigenvalue weighted by Gasteiger charge is -2.26. The summed E-state index contributed by atoms with van der Waals surface area (Å²) >= 11 is 1.14. The van der Waals surface area contributed by atoms with E-state index in [0.29, 0.717) is 29.5 Å². The molecule has 182 valence electrons. The summed E-state index contributed by atoms with van der Waals surface area (Å²) in [4.78, 5) is 27.6. The van der Waals surface area contributed by atoms with E-state index in [2.05, 4.69) is 9.68 Å². The minimum Gasteiger partial charge on any atom is -0.379 e. The summed E-state index contributed by atoms with van der Waals surface area (Å²) in [6.45, 7) is 6.22. The summed E-state index contributed by atoms with van der Waals surface area (Å²) < 4.78 is 47.8. The van der Waals surface area contributed by atoms with Gasteiger partial charge < -0.3 is 19.9 Å². The Morgan fingerprint density at radius 3 is 2.36 bits per heavy atom. The van der Waals surface area contributed by atoms with E-state index >= 15 is 0 Å². The van der Waals surface area contributed by atoms with Gasteiger partial charge in [0.05, 0.1) is 29.5 Å². The van der Waals surface area contributed by atoms with Crippen molar-refractivity contribution in [3.8, 4) is 10.6 Å². The van der Waals surface area contributed by atoms with Crippen LogP contribution in [0.25, 0.3) is 10.6 Å². The van der Waals surface area contributed by atoms with Gasteiger partial charge in [-0.2, -0.15) is 13.2 Å². The highest BCUT2D eigenvalue weighted by Crippen LogP contribution is 2.38. The summed E-state index contributed by atoms with van der Waals surface area (Å²) in [6.07, 6.45) is -1.47. The van der Waals surface area contributed by atoms with E-state index < -0.39 is 11.9 Å². The number of morpholine rings is 1. The summed E-state index contributed by atoms with van der Waals surface area (Å²) in [5, 5.41) is 3.53. The van der Waals surface area contributed by atoms with E-state index in [1.807, 2.05) is 4.90 Å². The second-order valence-electron chi connectivity index (χ2n) is 7.85. The number of rotatable bonds is 4. The summed E-state index contributed by atoms with van der Waals surface area (Å²) in [5.41, 5.74) is 5.08. The third-order valence-electron chi connectivity index (χ3n) is 5.36. The van der Waals surface area contributed by atoms with Gasteiger partial charge in [0.2, 0.25) is 11.7 Å². The molecule has 2 amide bonds. The molecule has 4 heterocycles. The van der Waals surface area contributed by atoms with Crippen molar-refractivity contribution in [1.82, 2.24) is 15.0 Å². The first kappa shape index (κ1) is 25.2. The number of carbonyl (C=O) groups excluding carboxylic acids is 2. The number of piperidine rings is 1. The van der Waals surface area contributed by atoms with Gasteiger partial charge in [0.25, 0.3) is 5.91 Å². The van der Waals surface area contributed by atoms with Gasteiger partial charge in [0.15, 0.2) is 0 Å². The van der Waals surface area contributed by atoms with Crippen molar-refractivity contribution in [3.63, 3.8) is 0 Å². The lowest BCUT2D eigenvalue weighted by molar-refractivity contribution is -0.156. The molecule has 0 aliphatic carbocycles. The zero-order valence-corrected chi connectivity index (χ0v) is 19.1. The number of carbonyl (C=O) groups is 2. The van der Waals surface area contributed by atoms with E-state index in [1.54, 1.807) is 17.0 Å². The van der Waals surface area contributed by atoms with Crippen LogP contribution in [0.5, 0.6) is 0 Å². The molecule has 2 fully saturated rings. The maximum atomic E-state index is 12.8. The molecule has 2 N–H and O–H groups in total. The van der Waals surface area contributed by atoms with Crippen molar-refractivity contribution >= 4 is 23.2 Å². The standard InChI is InChI=1S/C15H15F3N2O2S.C6H12N2O2/c1-9-12(19-22-13(9)15(16,17)18)10-5-6-11(23-10)14(21)20-7-3-2-4-8-20;7-6(9)5-8-1-3-10-4-2-8/h5-6H,2-4,7-8H2,1H3;1-5H2,(H2,7,9). The number of hydrogen-bond acceptors (Lipinski definition) is 7. The molecule has 12 heteroatoms. The number of nitrogens with two attached hydrogens (primary N) is 1. The molecule has 2 aromatic heterocycles. The number of amides is 2. The number of thiophene rings is 1. The van der Waals surface area contributed by atoms with Crippen molar-refractivity contribution in [1.29, 1.82) is 0 Å². The Kier molecular flexibility index (Phi) is 8.49. The van der Waals surface area contributed by atoms with E-state index in [4.69, 9.17) is 10.5 Å². The first-order valence-electron chi connectivity index (χ1n) is 10.7.